The Bertz CT molecular complexity index is 327. The molecule has 0 heterocycles. The first-order valence-electron chi connectivity index (χ1n) is 5.19. The standard InChI is InChI=1S/C12H16BrFO/c1-3-5-8(2)12(15)9-6-4-7-10(13)11(9)14/h4,6-8,12,15H,3,5H2,1-2H3. The van der Waals surface area contributed by atoms with E-state index in [1.807, 2.05) is 6.92 Å². The van der Waals surface area contributed by atoms with Crippen LogP contribution in [0, 0.1) is 11.7 Å². The minimum Gasteiger partial charge on any atom is -0.388 e. The van der Waals surface area contributed by atoms with Gasteiger partial charge in [0.15, 0.2) is 0 Å². The topological polar surface area (TPSA) is 20.2 Å². The number of aliphatic hydroxyl groups is 1. The fourth-order valence-electron chi connectivity index (χ4n) is 1.67. The fraction of sp³-hybridized carbons (Fsp3) is 0.500. The van der Waals surface area contributed by atoms with E-state index in [9.17, 15) is 9.50 Å². The van der Waals surface area contributed by atoms with Crippen LogP contribution < -0.4 is 0 Å². The van der Waals surface area contributed by atoms with Crippen molar-refractivity contribution >= 4 is 15.9 Å². The average Bonchev–Trinajstić information content (AvgIpc) is 2.21. The third kappa shape index (κ3) is 3.02. The smallest absolute Gasteiger partial charge is 0.143 e. The van der Waals surface area contributed by atoms with Crippen molar-refractivity contribution < 1.29 is 9.50 Å². The zero-order chi connectivity index (χ0) is 11.4. The summed E-state index contributed by atoms with van der Waals surface area (Å²) in [5.74, 6) is -0.272. The van der Waals surface area contributed by atoms with Gasteiger partial charge in [0.2, 0.25) is 0 Å². The van der Waals surface area contributed by atoms with Gasteiger partial charge in [-0.25, -0.2) is 4.39 Å². The molecule has 0 saturated heterocycles. The predicted molar refractivity (Wildman–Crippen MR) is 63.1 cm³/mol. The van der Waals surface area contributed by atoms with E-state index in [-0.39, 0.29) is 11.7 Å². The highest BCUT2D eigenvalue weighted by atomic mass is 79.9. The van der Waals surface area contributed by atoms with Gasteiger partial charge in [0.05, 0.1) is 10.6 Å². The molecule has 0 saturated carbocycles. The number of benzene rings is 1. The van der Waals surface area contributed by atoms with Crippen LogP contribution in [0.25, 0.3) is 0 Å². The first-order valence-corrected chi connectivity index (χ1v) is 5.99. The highest BCUT2D eigenvalue weighted by molar-refractivity contribution is 9.10. The van der Waals surface area contributed by atoms with Crippen LogP contribution in [0.3, 0.4) is 0 Å². The molecule has 2 atom stereocenters. The Morgan fingerprint density at radius 2 is 2.13 bits per heavy atom. The third-order valence-corrected chi connectivity index (χ3v) is 3.20. The van der Waals surface area contributed by atoms with Crippen molar-refractivity contribution in [2.75, 3.05) is 0 Å². The maximum atomic E-state index is 13.6. The summed E-state index contributed by atoms with van der Waals surface area (Å²) >= 11 is 3.12. The Hall–Kier alpha value is -0.410. The van der Waals surface area contributed by atoms with E-state index in [1.165, 1.54) is 0 Å². The van der Waals surface area contributed by atoms with Crippen LogP contribution in [-0.2, 0) is 0 Å². The Morgan fingerprint density at radius 1 is 1.47 bits per heavy atom. The van der Waals surface area contributed by atoms with Crippen LogP contribution in [0.4, 0.5) is 4.39 Å². The largest absolute Gasteiger partial charge is 0.388 e. The molecule has 1 aromatic rings. The molecule has 0 aliphatic carbocycles. The molecular formula is C12H16BrFO. The number of aliphatic hydroxyl groups excluding tert-OH is 1. The van der Waals surface area contributed by atoms with E-state index < -0.39 is 6.10 Å². The van der Waals surface area contributed by atoms with Crippen molar-refractivity contribution in [3.8, 4) is 0 Å². The van der Waals surface area contributed by atoms with E-state index in [0.717, 1.165) is 12.8 Å². The summed E-state index contributed by atoms with van der Waals surface area (Å²) in [4.78, 5) is 0. The van der Waals surface area contributed by atoms with Crippen molar-refractivity contribution in [2.24, 2.45) is 5.92 Å². The van der Waals surface area contributed by atoms with Crippen molar-refractivity contribution in [2.45, 2.75) is 32.8 Å². The zero-order valence-electron chi connectivity index (χ0n) is 9.00. The molecule has 1 rings (SSSR count). The maximum Gasteiger partial charge on any atom is 0.143 e. The SMILES string of the molecule is CCCC(C)C(O)c1cccc(Br)c1F. The highest BCUT2D eigenvalue weighted by Gasteiger charge is 2.19. The lowest BCUT2D eigenvalue weighted by Crippen LogP contribution is -2.10. The highest BCUT2D eigenvalue weighted by Crippen LogP contribution is 2.30. The molecule has 1 N–H and O–H groups in total. The lowest BCUT2D eigenvalue weighted by Gasteiger charge is -2.19. The summed E-state index contributed by atoms with van der Waals surface area (Å²) in [6.07, 6.45) is 1.17. The van der Waals surface area contributed by atoms with Gasteiger partial charge in [0.1, 0.15) is 5.82 Å². The molecule has 0 aromatic heterocycles. The summed E-state index contributed by atoms with van der Waals surface area (Å²) in [7, 11) is 0. The molecular weight excluding hydrogens is 259 g/mol. The zero-order valence-corrected chi connectivity index (χ0v) is 10.6. The molecule has 0 bridgehead atoms. The van der Waals surface area contributed by atoms with Crippen molar-refractivity contribution in [1.82, 2.24) is 0 Å². The minimum atomic E-state index is -0.720. The molecule has 84 valence electrons. The lowest BCUT2D eigenvalue weighted by atomic mass is 9.93. The second-order valence-electron chi connectivity index (χ2n) is 3.85. The molecule has 1 aromatic carbocycles. The van der Waals surface area contributed by atoms with E-state index >= 15 is 0 Å². The average molecular weight is 275 g/mol. The van der Waals surface area contributed by atoms with Crippen LogP contribution in [0.15, 0.2) is 22.7 Å². The summed E-state index contributed by atoms with van der Waals surface area (Å²) in [6.45, 7) is 4.00. The van der Waals surface area contributed by atoms with Crippen LogP contribution in [0.1, 0.15) is 38.4 Å². The van der Waals surface area contributed by atoms with Crippen molar-refractivity contribution in [1.29, 1.82) is 0 Å². The molecule has 3 heteroatoms. The van der Waals surface area contributed by atoms with Gasteiger partial charge in [-0.15, -0.1) is 0 Å². The maximum absolute atomic E-state index is 13.6. The fourth-order valence-corrected chi connectivity index (χ4v) is 2.05. The third-order valence-electron chi connectivity index (χ3n) is 2.58. The molecule has 0 radical (unpaired) electrons. The number of hydrogen-bond acceptors (Lipinski definition) is 1. The van der Waals surface area contributed by atoms with Crippen molar-refractivity contribution in [3.05, 3.63) is 34.1 Å². The number of halogens is 2. The molecule has 0 aliphatic heterocycles. The Kier molecular flexibility index (Phi) is 4.74. The summed E-state index contributed by atoms with van der Waals surface area (Å²) in [6, 6.07) is 5.01. The number of rotatable bonds is 4. The molecule has 0 amide bonds. The normalized spacial score (nSPS) is 15.0. The Morgan fingerprint density at radius 3 is 2.73 bits per heavy atom. The summed E-state index contributed by atoms with van der Waals surface area (Å²) < 4.78 is 14.1. The van der Waals surface area contributed by atoms with E-state index in [0.29, 0.717) is 10.0 Å². The van der Waals surface area contributed by atoms with Crippen LogP contribution >= 0.6 is 15.9 Å². The first kappa shape index (κ1) is 12.7. The van der Waals surface area contributed by atoms with Crippen LogP contribution in [0.5, 0.6) is 0 Å². The first-order chi connectivity index (χ1) is 7.07. The molecule has 15 heavy (non-hydrogen) atoms. The lowest BCUT2D eigenvalue weighted by molar-refractivity contribution is 0.108. The Labute approximate surface area is 98.4 Å². The Balaban J connectivity index is 2.90. The molecule has 0 fully saturated rings. The summed E-state index contributed by atoms with van der Waals surface area (Å²) in [5.41, 5.74) is 0.380. The number of hydrogen-bond donors (Lipinski definition) is 1. The van der Waals surface area contributed by atoms with Gasteiger partial charge in [-0.05, 0) is 34.3 Å². The van der Waals surface area contributed by atoms with Gasteiger partial charge < -0.3 is 5.11 Å². The van der Waals surface area contributed by atoms with Crippen LogP contribution in [-0.4, -0.2) is 5.11 Å². The quantitative estimate of drug-likeness (QED) is 0.878. The molecule has 0 aliphatic rings. The van der Waals surface area contributed by atoms with Gasteiger partial charge in [-0.2, -0.15) is 0 Å². The second-order valence-corrected chi connectivity index (χ2v) is 4.71. The minimum absolute atomic E-state index is 0.0822. The van der Waals surface area contributed by atoms with Gasteiger partial charge in [0, 0.05) is 5.56 Å². The van der Waals surface area contributed by atoms with Gasteiger partial charge in [-0.3, -0.25) is 0 Å². The van der Waals surface area contributed by atoms with E-state index in [2.05, 4.69) is 22.9 Å². The molecule has 1 nitrogen and oxygen atoms in total. The van der Waals surface area contributed by atoms with Crippen LogP contribution in [0.2, 0.25) is 0 Å². The van der Waals surface area contributed by atoms with Gasteiger partial charge in [-0.1, -0.05) is 32.4 Å². The van der Waals surface area contributed by atoms with E-state index in [4.69, 9.17) is 0 Å². The van der Waals surface area contributed by atoms with E-state index in [1.54, 1.807) is 18.2 Å². The molecule has 0 spiro atoms. The predicted octanol–water partition coefficient (Wildman–Crippen LogP) is 4.06. The monoisotopic (exact) mass is 274 g/mol. The second kappa shape index (κ2) is 5.61. The summed E-state index contributed by atoms with van der Waals surface area (Å²) in [5, 5.41) is 9.96. The van der Waals surface area contributed by atoms with Gasteiger partial charge in [0.25, 0.3) is 0 Å². The van der Waals surface area contributed by atoms with Crippen molar-refractivity contribution in [3.63, 3.8) is 0 Å². The molecule has 2 unspecified atom stereocenters. The van der Waals surface area contributed by atoms with Gasteiger partial charge >= 0.3 is 0 Å².